The highest BCUT2D eigenvalue weighted by Crippen LogP contribution is 2.37. The second-order valence-corrected chi connectivity index (χ2v) is 14.9. The summed E-state index contributed by atoms with van der Waals surface area (Å²) in [5.41, 5.74) is 12.2. The van der Waals surface area contributed by atoms with Crippen LogP contribution < -0.4 is 20.5 Å². The first kappa shape index (κ1) is 46.2. The zero-order valence-corrected chi connectivity index (χ0v) is 35.5. The van der Waals surface area contributed by atoms with Crippen LogP contribution in [0.5, 0.6) is 11.5 Å². The maximum atomic E-state index is 15.6. The molecule has 6 aromatic carbocycles. The Balaban J connectivity index is 0.000000267. The molecule has 3 N–H and O–H groups in total. The van der Waals surface area contributed by atoms with E-state index >= 15 is 8.78 Å². The predicted octanol–water partition coefficient (Wildman–Crippen LogP) is 11.9. The lowest BCUT2D eigenvalue weighted by atomic mass is 9.95. The van der Waals surface area contributed by atoms with Crippen molar-refractivity contribution < 1.29 is 37.4 Å². The average molecular weight is 835 g/mol. The molecule has 0 aliphatic heterocycles. The highest BCUT2D eigenvalue weighted by atomic mass is 35.5. The Labute approximate surface area is 356 Å². The molecule has 0 fully saturated rings. The monoisotopic (exact) mass is 834 g/mol. The van der Waals surface area contributed by atoms with Gasteiger partial charge in [-0.15, -0.1) is 12.4 Å². The first-order valence-electron chi connectivity index (χ1n) is 18.9. The first-order chi connectivity index (χ1) is 28.1. The van der Waals surface area contributed by atoms with Crippen LogP contribution in [0.1, 0.15) is 77.6 Å². The van der Waals surface area contributed by atoms with E-state index in [1.54, 1.807) is 118 Å². The molecule has 0 heterocycles. The minimum atomic E-state index is -0.586. The van der Waals surface area contributed by atoms with Crippen molar-refractivity contribution >= 4 is 41.4 Å². The predicted molar refractivity (Wildman–Crippen MR) is 237 cm³/mol. The summed E-state index contributed by atoms with van der Waals surface area (Å²) in [6, 6.07) is 35.2. The lowest BCUT2D eigenvalue weighted by Crippen LogP contribution is -2.27. The van der Waals surface area contributed by atoms with Crippen LogP contribution in [0.2, 0.25) is 0 Å². The van der Waals surface area contributed by atoms with E-state index in [9.17, 15) is 14.4 Å². The summed E-state index contributed by atoms with van der Waals surface area (Å²) in [6.07, 6.45) is 0.256. The van der Waals surface area contributed by atoms with E-state index < -0.39 is 17.5 Å². The number of hydrogen-bond donors (Lipinski definition) is 2. The van der Waals surface area contributed by atoms with E-state index in [1.807, 2.05) is 24.3 Å². The molecule has 60 heavy (non-hydrogen) atoms. The van der Waals surface area contributed by atoms with Crippen LogP contribution in [0, 0.1) is 11.6 Å². The van der Waals surface area contributed by atoms with Crippen LogP contribution in [-0.4, -0.2) is 37.5 Å². The van der Waals surface area contributed by atoms with Crippen molar-refractivity contribution in [2.24, 2.45) is 0 Å². The molecule has 1 amide bonds. The van der Waals surface area contributed by atoms with E-state index in [1.165, 1.54) is 28.1 Å². The van der Waals surface area contributed by atoms with E-state index in [4.69, 9.17) is 19.9 Å². The molecular formula is C49H49ClF2N2O6. The first-order valence-corrected chi connectivity index (χ1v) is 18.9. The molecule has 0 atom stereocenters. The number of hydrogen-bond acceptors (Lipinski definition) is 7. The fourth-order valence-corrected chi connectivity index (χ4v) is 6.34. The maximum Gasteiger partial charge on any atom is 0.412 e. The average Bonchev–Trinajstić information content (AvgIpc) is 3.20. The molecule has 6 aromatic rings. The summed E-state index contributed by atoms with van der Waals surface area (Å²) in [6.45, 7) is 8.35. The Kier molecular flexibility index (Phi) is 15.7. The molecule has 0 aliphatic carbocycles. The summed E-state index contributed by atoms with van der Waals surface area (Å²) in [4.78, 5) is 35.4. The van der Waals surface area contributed by atoms with Crippen molar-refractivity contribution in [1.29, 1.82) is 0 Å². The Morgan fingerprint density at radius 2 is 1.03 bits per heavy atom. The Morgan fingerprint density at radius 3 is 1.42 bits per heavy atom. The number of carbonyl (C=O) groups excluding carboxylic acids is 3. The number of halogens is 3. The maximum absolute atomic E-state index is 15.6. The number of anilines is 2. The third-order valence-corrected chi connectivity index (χ3v) is 9.29. The van der Waals surface area contributed by atoms with Crippen LogP contribution in [0.15, 0.2) is 121 Å². The number of nitrogen functional groups attached to an aromatic ring is 1. The SMILES string of the molecule is COc1ccc(Cc2ccc(N)cc2)c(F)c1-c1cccc(C(C)=O)c1.COc1ccc(Cc2ccc(NC(=O)OC(C)(C)C)cc2)c(F)c1-c1cccc(C(C)=O)c1.Cl. The molecule has 0 bridgehead atoms. The van der Waals surface area contributed by atoms with Crippen molar-refractivity contribution in [2.75, 3.05) is 25.3 Å². The van der Waals surface area contributed by atoms with Crippen LogP contribution in [0.4, 0.5) is 25.0 Å². The number of nitrogens with two attached hydrogens (primary N) is 1. The van der Waals surface area contributed by atoms with Crippen molar-refractivity contribution in [3.8, 4) is 33.8 Å². The summed E-state index contributed by atoms with van der Waals surface area (Å²) in [7, 11) is 3.00. The van der Waals surface area contributed by atoms with Crippen molar-refractivity contribution in [1.82, 2.24) is 0 Å². The minimum absolute atomic E-state index is 0. The van der Waals surface area contributed by atoms with Gasteiger partial charge in [0.25, 0.3) is 0 Å². The lowest BCUT2D eigenvalue weighted by molar-refractivity contribution is 0.0635. The van der Waals surface area contributed by atoms with Crippen LogP contribution in [0.25, 0.3) is 22.3 Å². The molecule has 0 spiro atoms. The Bertz CT molecular complexity index is 2460. The quantitative estimate of drug-likeness (QED) is 0.0986. The molecule has 0 aromatic heterocycles. The number of carbonyl (C=O) groups is 3. The van der Waals surface area contributed by atoms with Crippen LogP contribution in [0.3, 0.4) is 0 Å². The standard InChI is InChI=1S/C27H28FNO4.C22H20FNO2.ClH/c1-17(30)19-7-6-8-20(16-19)24-23(32-5)14-11-21(25(24)28)15-18-9-12-22(13-10-18)29-26(31)33-27(2,3)4;1-14(25)16-4-3-5-17(13-16)21-20(26-2)11-8-18(22(21)23)12-15-6-9-19(24)10-7-15;/h6-14,16H,15H2,1-5H3,(H,29,31);3-11,13H,12,24H2,1-2H3;1H. The third-order valence-electron chi connectivity index (χ3n) is 9.29. The van der Waals surface area contributed by atoms with Crippen LogP contribution in [-0.2, 0) is 17.6 Å². The van der Waals surface area contributed by atoms with Gasteiger partial charge in [-0.2, -0.15) is 0 Å². The molecule has 8 nitrogen and oxygen atoms in total. The lowest BCUT2D eigenvalue weighted by Gasteiger charge is -2.19. The molecule has 0 saturated carbocycles. The zero-order valence-electron chi connectivity index (χ0n) is 34.7. The van der Waals surface area contributed by atoms with Gasteiger partial charge in [-0.1, -0.05) is 72.8 Å². The van der Waals surface area contributed by atoms with E-state index in [0.29, 0.717) is 80.2 Å². The van der Waals surface area contributed by atoms with E-state index in [-0.39, 0.29) is 29.8 Å². The topological polar surface area (TPSA) is 117 Å². The number of benzene rings is 6. The number of ether oxygens (including phenoxy) is 3. The van der Waals surface area contributed by atoms with Gasteiger partial charge in [0.1, 0.15) is 28.7 Å². The molecule has 0 radical (unpaired) electrons. The molecule has 11 heteroatoms. The van der Waals surface area contributed by atoms with Crippen LogP contribution >= 0.6 is 12.4 Å². The fraction of sp³-hybridized carbons (Fsp3) is 0.204. The molecular weight excluding hydrogens is 786 g/mol. The van der Waals surface area contributed by atoms with E-state index in [0.717, 1.165) is 11.1 Å². The zero-order chi connectivity index (χ0) is 42.9. The minimum Gasteiger partial charge on any atom is -0.496 e. The number of methoxy groups -OCH3 is 2. The van der Waals surface area contributed by atoms with Crippen molar-refractivity contribution in [3.05, 3.63) is 166 Å². The highest BCUT2D eigenvalue weighted by molar-refractivity contribution is 5.96. The fourth-order valence-electron chi connectivity index (χ4n) is 6.34. The summed E-state index contributed by atoms with van der Waals surface area (Å²) < 4.78 is 46.9. The summed E-state index contributed by atoms with van der Waals surface area (Å²) >= 11 is 0. The summed E-state index contributed by atoms with van der Waals surface area (Å²) in [5, 5.41) is 2.68. The number of rotatable bonds is 11. The number of ketones is 2. The highest BCUT2D eigenvalue weighted by Gasteiger charge is 2.20. The van der Waals surface area contributed by atoms with Gasteiger partial charge in [0.05, 0.1) is 25.3 Å². The number of amides is 1. The van der Waals surface area contributed by atoms with Crippen molar-refractivity contribution in [2.45, 2.75) is 53.1 Å². The molecule has 312 valence electrons. The van der Waals surface area contributed by atoms with Gasteiger partial charge < -0.3 is 19.9 Å². The molecule has 0 aliphatic rings. The number of nitrogens with one attached hydrogen (secondary N) is 1. The van der Waals surface area contributed by atoms with Gasteiger partial charge in [-0.25, -0.2) is 13.6 Å². The van der Waals surface area contributed by atoms with Gasteiger partial charge in [0.15, 0.2) is 11.6 Å². The number of Topliss-reactive ketones (excluding diaryl/α,β-unsaturated/α-hetero) is 2. The summed E-state index contributed by atoms with van der Waals surface area (Å²) in [5.74, 6) is -0.0669. The molecule has 0 unspecified atom stereocenters. The van der Waals surface area contributed by atoms with Gasteiger partial charge in [0.2, 0.25) is 0 Å². The van der Waals surface area contributed by atoms with Gasteiger partial charge in [0, 0.05) is 35.3 Å². The molecule has 6 rings (SSSR count). The Hall–Kier alpha value is -6.52. The second kappa shape index (κ2) is 20.4. The second-order valence-electron chi connectivity index (χ2n) is 14.9. The smallest absolute Gasteiger partial charge is 0.412 e. The largest absolute Gasteiger partial charge is 0.496 e. The Morgan fingerprint density at radius 1 is 0.617 bits per heavy atom. The van der Waals surface area contributed by atoms with Gasteiger partial charge in [-0.05, 0) is 117 Å². The van der Waals surface area contributed by atoms with Gasteiger partial charge >= 0.3 is 6.09 Å². The van der Waals surface area contributed by atoms with E-state index in [2.05, 4.69) is 5.32 Å². The normalized spacial score (nSPS) is 10.7. The molecule has 0 saturated heterocycles. The van der Waals surface area contributed by atoms with Gasteiger partial charge in [-0.3, -0.25) is 14.9 Å². The van der Waals surface area contributed by atoms with Crippen molar-refractivity contribution in [3.63, 3.8) is 0 Å². The third kappa shape index (κ3) is 12.0.